The summed E-state index contributed by atoms with van der Waals surface area (Å²) >= 11 is 0. The Morgan fingerprint density at radius 1 is 1.26 bits per heavy atom. The van der Waals surface area contributed by atoms with Crippen molar-refractivity contribution in [2.45, 2.75) is 76.8 Å². The van der Waals surface area contributed by atoms with Gasteiger partial charge in [-0.2, -0.15) is 0 Å². The number of esters is 1. The molecular formula is C23H32O8. The van der Waals surface area contributed by atoms with Crippen LogP contribution in [-0.4, -0.2) is 66.1 Å². The number of hydrogen-bond donors (Lipinski definition) is 2. The second-order valence-corrected chi connectivity index (χ2v) is 11.4. The van der Waals surface area contributed by atoms with E-state index in [1.165, 1.54) is 6.92 Å². The van der Waals surface area contributed by atoms with Crippen molar-refractivity contribution in [2.75, 3.05) is 13.7 Å². The van der Waals surface area contributed by atoms with Crippen molar-refractivity contribution in [1.29, 1.82) is 0 Å². The monoisotopic (exact) mass is 436 g/mol. The Morgan fingerprint density at radius 2 is 2.00 bits per heavy atom. The van der Waals surface area contributed by atoms with Gasteiger partial charge in [0, 0.05) is 43.1 Å². The lowest BCUT2D eigenvalue weighted by Gasteiger charge is -2.79. The fourth-order valence-corrected chi connectivity index (χ4v) is 9.36. The number of carbonyl (C=O) groups excluding carboxylic acids is 2. The molecule has 1 unspecified atom stereocenters. The molecule has 8 nitrogen and oxygen atoms in total. The van der Waals surface area contributed by atoms with Crippen molar-refractivity contribution in [3.8, 4) is 0 Å². The number of methoxy groups -OCH3 is 1. The quantitative estimate of drug-likeness (QED) is 0.631. The lowest BCUT2D eigenvalue weighted by molar-refractivity contribution is -0.554. The van der Waals surface area contributed by atoms with Crippen LogP contribution in [0.5, 0.6) is 0 Å². The van der Waals surface area contributed by atoms with Crippen molar-refractivity contribution in [2.24, 2.45) is 39.9 Å². The molecule has 2 spiro atoms. The Kier molecular flexibility index (Phi) is 3.90. The van der Waals surface area contributed by atoms with Crippen LogP contribution in [0.25, 0.3) is 0 Å². The summed E-state index contributed by atoms with van der Waals surface area (Å²) in [5.74, 6) is -4.19. The smallest absolute Gasteiger partial charge is 0.302 e. The minimum atomic E-state index is -2.07. The molecule has 0 aromatic heterocycles. The first kappa shape index (κ1) is 20.5. The van der Waals surface area contributed by atoms with Crippen LogP contribution in [0.1, 0.15) is 46.5 Å². The Bertz CT molecular complexity index is 857. The van der Waals surface area contributed by atoms with Crippen LogP contribution in [0.4, 0.5) is 0 Å². The van der Waals surface area contributed by atoms with E-state index in [1.54, 1.807) is 7.11 Å². The second kappa shape index (κ2) is 5.89. The first-order valence-corrected chi connectivity index (χ1v) is 11.5. The van der Waals surface area contributed by atoms with Crippen LogP contribution >= 0.6 is 0 Å². The molecule has 4 aliphatic heterocycles. The summed E-state index contributed by atoms with van der Waals surface area (Å²) in [6, 6.07) is 0. The van der Waals surface area contributed by atoms with Crippen LogP contribution in [0.3, 0.4) is 0 Å². The van der Waals surface area contributed by atoms with Crippen LogP contribution in [0.2, 0.25) is 0 Å². The molecule has 4 heterocycles. The van der Waals surface area contributed by atoms with Gasteiger partial charge in [0.2, 0.25) is 5.79 Å². The molecule has 7 bridgehead atoms. The SMILES string of the molecule is COC[C@H]1C(=O)[C@@]23[C@H]4OC5O[C@@]2(O)[C@@H](O)[C@@H]2C(C)(C)CCC[C@]52[C@@H]3[C@@H](OC(C)=O)C[C@@H]14. The van der Waals surface area contributed by atoms with E-state index in [1.807, 2.05) is 0 Å². The Labute approximate surface area is 181 Å². The zero-order chi connectivity index (χ0) is 22.1. The van der Waals surface area contributed by atoms with Crippen molar-refractivity contribution < 1.29 is 38.7 Å². The van der Waals surface area contributed by atoms with Gasteiger partial charge in [0.1, 0.15) is 17.6 Å². The maximum Gasteiger partial charge on any atom is 0.302 e. The molecule has 8 rings (SSSR count). The van der Waals surface area contributed by atoms with Crippen molar-refractivity contribution in [1.82, 2.24) is 0 Å². The number of rotatable bonds is 3. The maximum absolute atomic E-state index is 14.1. The third-order valence-corrected chi connectivity index (χ3v) is 9.87. The highest BCUT2D eigenvalue weighted by molar-refractivity contribution is 5.94. The summed E-state index contributed by atoms with van der Waals surface area (Å²) in [6.45, 7) is 5.79. The average Bonchev–Trinajstić information content (AvgIpc) is 2.83. The van der Waals surface area contributed by atoms with Gasteiger partial charge in [-0.15, -0.1) is 0 Å². The van der Waals surface area contributed by atoms with Gasteiger partial charge in [0.05, 0.1) is 12.7 Å². The van der Waals surface area contributed by atoms with E-state index < -0.39 is 59.0 Å². The van der Waals surface area contributed by atoms with E-state index in [-0.39, 0.29) is 29.6 Å². The first-order chi connectivity index (χ1) is 14.6. The van der Waals surface area contributed by atoms with E-state index >= 15 is 0 Å². The molecule has 4 saturated carbocycles. The van der Waals surface area contributed by atoms with E-state index in [9.17, 15) is 19.8 Å². The van der Waals surface area contributed by atoms with Crippen molar-refractivity contribution in [3.05, 3.63) is 0 Å². The lowest BCUT2D eigenvalue weighted by Crippen LogP contribution is -2.91. The summed E-state index contributed by atoms with van der Waals surface area (Å²) in [4.78, 5) is 26.2. The normalized spacial score (nSPS) is 57.7. The number of carbonyl (C=O) groups is 2. The molecule has 8 heteroatoms. The highest BCUT2D eigenvalue weighted by Gasteiger charge is 2.93. The minimum Gasteiger partial charge on any atom is -0.462 e. The number of Topliss-reactive ketones (excluding diaryl/α,β-unsaturated/α-hetero) is 1. The van der Waals surface area contributed by atoms with Gasteiger partial charge in [0.15, 0.2) is 12.1 Å². The first-order valence-electron chi connectivity index (χ1n) is 11.5. The molecule has 4 aliphatic carbocycles. The molecule has 8 fully saturated rings. The number of aliphatic hydroxyl groups is 2. The second-order valence-electron chi connectivity index (χ2n) is 11.4. The summed E-state index contributed by atoms with van der Waals surface area (Å²) in [6.07, 6.45) is -0.0967. The number of ketones is 1. The Balaban J connectivity index is 1.63. The van der Waals surface area contributed by atoms with Crippen LogP contribution in [0, 0.1) is 39.9 Å². The van der Waals surface area contributed by atoms with Gasteiger partial charge in [0.25, 0.3) is 0 Å². The molecule has 0 aromatic rings. The van der Waals surface area contributed by atoms with E-state index in [2.05, 4.69) is 13.8 Å². The predicted octanol–water partition coefficient (Wildman–Crippen LogP) is 1.02. The highest BCUT2D eigenvalue weighted by atomic mass is 16.8. The van der Waals surface area contributed by atoms with E-state index in [0.717, 1.165) is 12.8 Å². The number of hydrogen-bond acceptors (Lipinski definition) is 8. The standard InChI is InChI=1S/C23H32O8/c1-10(24)29-13-8-11-12(9-28-4)16(25)22-14(13)21-7-5-6-20(2,3)15(21)17(26)23(22,27)31-19(21)30-18(11)22/h11-15,17-19,26-27H,5-9H2,1-4H3/t11-,12+,13-,14-,15+,17-,18-,19?,21+,22-,23-/m0/s1. The Morgan fingerprint density at radius 3 is 2.68 bits per heavy atom. The van der Waals surface area contributed by atoms with E-state index in [0.29, 0.717) is 12.8 Å². The van der Waals surface area contributed by atoms with Gasteiger partial charge in [-0.25, -0.2) is 0 Å². The highest BCUT2D eigenvalue weighted by Crippen LogP contribution is 2.81. The van der Waals surface area contributed by atoms with Gasteiger partial charge in [-0.1, -0.05) is 20.3 Å². The van der Waals surface area contributed by atoms with Crippen molar-refractivity contribution in [3.63, 3.8) is 0 Å². The van der Waals surface area contributed by atoms with Crippen LogP contribution in [0.15, 0.2) is 0 Å². The fraction of sp³-hybridized carbons (Fsp3) is 0.913. The Hall–Kier alpha value is -1.06. The lowest BCUT2D eigenvalue weighted by atomic mass is 9.34. The molecule has 4 saturated heterocycles. The predicted molar refractivity (Wildman–Crippen MR) is 104 cm³/mol. The number of ether oxygens (including phenoxy) is 4. The summed E-state index contributed by atoms with van der Waals surface area (Å²) < 4.78 is 23.9. The molecule has 0 aromatic carbocycles. The van der Waals surface area contributed by atoms with Gasteiger partial charge in [-0.3, -0.25) is 9.59 Å². The largest absolute Gasteiger partial charge is 0.462 e. The molecule has 11 atom stereocenters. The van der Waals surface area contributed by atoms with Gasteiger partial charge >= 0.3 is 5.97 Å². The molecule has 2 N–H and O–H groups in total. The summed E-state index contributed by atoms with van der Waals surface area (Å²) in [7, 11) is 1.55. The average molecular weight is 437 g/mol. The van der Waals surface area contributed by atoms with Crippen LogP contribution < -0.4 is 0 Å². The zero-order valence-electron chi connectivity index (χ0n) is 18.5. The fourth-order valence-electron chi connectivity index (χ4n) is 9.36. The van der Waals surface area contributed by atoms with Crippen LogP contribution in [-0.2, 0) is 28.5 Å². The molecule has 172 valence electrons. The maximum atomic E-state index is 14.1. The molecule has 0 radical (unpaired) electrons. The third kappa shape index (κ3) is 1.94. The van der Waals surface area contributed by atoms with Crippen molar-refractivity contribution >= 4 is 11.8 Å². The molecule has 31 heavy (non-hydrogen) atoms. The topological polar surface area (TPSA) is 112 Å². The third-order valence-electron chi connectivity index (χ3n) is 9.87. The molecular weight excluding hydrogens is 404 g/mol. The number of aliphatic hydroxyl groups excluding tert-OH is 1. The van der Waals surface area contributed by atoms with E-state index in [4.69, 9.17) is 18.9 Å². The zero-order valence-corrected chi connectivity index (χ0v) is 18.5. The molecule has 8 aliphatic rings. The minimum absolute atomic E-state index is 0.176. The molecule has 0 amide bonds. The summed E-state index contributed by atoms with van der Waals surface area (Å²) in [5, 5.41) is 23.7. The van der Waals surface area contributed by atoms with Gasteiger partial charge in [-0.05, 0) is 24.7 Å². The van der Waals surface area contributed by atoms with Gasteiger partial charge < -0.3 is 29.2 Å². The summed E-state index contributed by atoms with van der Waals surface area (Å²) in [5.41, 5.74) is -2.46.